The number of hydrogen-bond donors (Lipinski definition) is 3. The number of amides is 2. The summed E-state index contributed by atoms with van der Waals surface area (Å²) in [7, 11) is 0. The molecule has 0 bridgehead atoms. The van der Waals surface area contributed by atoms with Crippen molar-refractivity contribution >= 4 is 46.5 Å². The van der Waals surface area contributed by atoms with Crippen LogP contribution in [0.4, 0.5) is 5.82 Å². The highest BCUT2D eigenvalue weighted by atomic mass is 32.1. The number of thiol groups is 1. The van der Waals surface area contributed by atoms with E-state index in [1.165, 1.54) is 4.57 Å². The molecule has 2 N–H and O–H groups in total. The Morgan fingerprint density at radius 2 is 2.10 bits per heavy atom. The SMILES string of the molecule is CCNC(=O)CC1CN(c2cc(C)c3c(=O)c(C(=O)N=O)cn(C(=N)S)c3n2)C1. The Bertz CT molecular complexity index is 1090. The first-order valence-corrected chi connectivity index (χ1v) is 9.45. The van der Waals surface area contributed by atoms with E-state index in [2.05, 4.69) is 28.1 Å². The molecular weight excluding hydrogens is 396 g/mol. The molecule has 2 aromatic rings. The Kier molecular flexibility index (Phi) is 5.78. The van der Waals surface area contributed by atoms with Gasteiger partial charge in [-0.25, -0.2) is 4.98 Å². The normalized spacial score (nSPS) is 13.8. The molecule has 152 valence electrons. The highest BCUT2D eigenvalue weighted by Gasteiger charge is 2.30. The Morgan fingerprint density at radius 3 is 2.69 bits per heavy atom. The van der Waals surface area contributed by atoms with Gasteiger partial charge in [-0.15, -0.1) is 17.5 Å². The van der Waals surface area contributed by atoms with Crippen LogP contribution in [-0.4, -0.2) is 46.2 Å². The topological polar surface area (TPSA) is 138 Å². The molecule has 11 heteroatoms. The van der Waals surface area contributed by atoms with Crippen LogP contribution >= 0.6 is 12.6 Å². The lowest BCUT2D eigenvalue weighted by molar-refractivity contribution is -0.122. The fourth-order valence-electron chi connectivity index (χ4n) is 3.42. The number of rotatable bonds is 5. The van der Waals surface area contributed by atoms with Gasteiger partial charge in [0.1, 0.15) is 11.4 Å². The summed E-state index contributed by atoms with van der Waals surface area (Å²) in [5.41, 5.74) is -0.384. The molecule has 0 aliphatic carbocycles. The van der Waals surface area contributed by atoms with Gasteiger partial charge in [0.25, 0.3) is 0 Å². The van der Waals surface area contributed by atoms with E-state index in [1.54, 1.807) is 13.0 Å². The lowest BCUT2D eigenvalue weighted by Gasteiger charge is -2.40. The molecule has 0 unspecified atom stereocenters. The van der Waals surface area contributed by atoms with Crippen molar-refractivity contribution in [3.8, 4) is 0 Å². The molecule has 29 heavy (non-hydrogen) atoms. The number of carbonyl (C=O) groups is 2. The minimum atomic E-state index is -1.21. The van der Waals surface area contributed by atoms with E-state index >= 15 is 0 Å². The lowest BCUT2D eigenvalue weighted by Crippen LogP contribution is -2.49. The molecule has 3 rings (SSSR count). The number of pyridine rings is 2. The fourth-order valence-corrected chi connectivity index (χ4v) is 3.57. The lowest BCUT2D eigenvalue weighted by atomic mass is 9.95. The van der Waals surface area contributed by atoms with E-state index in [-0.39, 0.29) is 28.0 Å². The van der Waals surface area contributed by atoms with Crippen LogP contribution in [0, 0.1) is 23.2 Å². The maximum atomic E-state index is 12.7. The number of nitroso groups, excluding NO2 is 1. The smallest absolute Gasteiger partial charge is 0.322 e. The van der Waals surface area contributed by atoms with E-state index < -0.39 is 16.9 Å². The third-order valence-electron chi connectivity index (χ3n) is 4.81. The highest BCUT2D eigenvalue weighted by Crippen LogP contribution is 2.28. The van der Waals surface area contributed by atoms with Gasteiger partial charge in [-0.1, -0.05) is 0 Å². The second kappa shape index (κ2) is 8.11. The zero-order valence-electron chi connectivity index (χ0n) is 15.9. The van der Waals surface area contributed by atoms with Crippen molar-refractivity contribution < 1.29 is 9.59 Å². The van der Waals surface area contributed by atoms with Gasteiger partial charge >= 0.3 is 5.91 Å². The summed E-state index contributed by atoms with van der Waals surface area (Å²) in [6.45, 7) is 5.44. The van der Waals surface area contributed by atoms with Gasteiger partial charge in [-0.3, -0.25) is 24.4 Å². The van der Waals surface area contributed by atoms with Crippen LogP contribution in [0.15, 0.2) is 22.2 Å². The van der Waals surface area contributed by atoms with E-state index in [0.29, 0.717) is 37.4 Å². The minimum absolute atomic E-state index is 0.0122. The molecule has 2 aromatic heterocycles. The molecule has 0 radical (unpaired) electrons. The first kappa shape index (κ1) is 20.6. The number of hydrogen-bond acceptors (Lipinski definition) is 7. The molecule has 10 nitrogen and oxygen atoms in total. The average molecular weight is 416 g/mol. The van der Waals surface area contributed by atoms with Crippen molar-refractivity contribution in [2.24, 2.45) is 11.1 Å². The molecule has 1 fully saturated rings. The third kappa shape index (κ3) is 3.90. The van der Waals surface area contributed by atoms with Crippen LogP contribution in [0.3, 0.4) is 0 Å². The average Bonchev–Trinajstić information content (AvgIpc) is 2.63. The van der Waals surface area contributed by atoms with Crippen LogP contribution in [0.2, 0.25) is 0 Å². The van der Waals surface area contributed by atoms with Gasteiger partial charge in [0.15, 0.2) is 10.8 Å². The van der Waals surface area contributed by atoms with E-state index in [9.17, 15) is 19.3 Å². The predicted molar refractivity (Wildman–Crippen MR) is 112 cm³/mol. The summed E-state index contributed by atoms with van der Waals surface area (Å²) in [5.74, 6) is -0.390. The molecule has 3 heterocycles. The Balaban J connectivity index is 1.99. The highest BCUT2D eigenvalue weighted by molar-refractivity contribution is 7.96. The number of aromatic nitrogens is 2. The number of nitrogens with zero attached hydrogens (tertiary/aromatic N) is 4. The molecule has 2 amide bonds. The number of carbonyl (C=O) groups excluding carboxylic acids is 2. The molecule has 1 saturated heterocycles. The molecule has 0 atom stereocenters. The second-order valence-electron chi connectivity index (χ2n) is 6.89. The van der Waals surface area contributed by atoms with E-state index in [1.807, 2.05) is 11.8 Å². The third-order valence-corrected chi connectivity index (χ3v) is 5.03. The number of nitrogens with one attached hydrogen (secondary N) is 2. The van der Waals surface area contributed by atoms with E-state index in [4.69, 9.17) is 5.41 Å². The Labute approximate surface area is 171 Å². The standard InChI is InChI=1S/C18H20N6O4S/c1-3-20-13(25)5-10-6-23(7-10)12-4-9(2)14-15(26)11(17(27)22-28)8-24(18(19)29)16(14)21-12/h4,8,10H,3,5-7H2,1-2H3,(H2,19,29)(H,20,25). The van der Waals surface area contributed by atoms with Gasteiger partial charge in [0.2, 0.25) is 11.3 Å². The molecule has 1 aliphatic heterocycles. The van der Waals surface area contributed by atoms with Crippen molar-refractivity contribution in [1.29, 1.82) is 5.41 Å². The summed E-state index contributed by atoms with van der Waals surface area (Å²) in [5, 5.41) is 12.8. The zero-order chi connectivity index (χ0) is 21.3. The monoisotopic (exact) mass is 416 g/mol. The number of fused-ring (bicyclic) bond motifs is 1. The van der Waals surface area contributed by atoms with Crippen molar-refractivity contribution in [3.63, 3.8) is 0 Å². The summed E-state index contributed by atoms with van der Waals surface area (Å²) >= 11 is 4.00. The predicted octanol–water partition coefficient (Wildman–Crippen LogP) is 1.29. The quantitative estimate of drug-likeness (QED) is 0.291. The van der Waals surface area contributed by atoms with Crippen molar-refractivity contribution in [2.75, 3.05) is 24.5 Å². The largest absolute Gasteiger partial charge is 0.356 e. The first-order chi connectivity index (χ1) is 13.8. The van der Waals surface area contributed by atoms with Crippen LogP contribution in [0.5, 0.6) is 0 Å². The molecule has 1 aliphatic rings. The second-order valence-corrected chi connectivity index (χ2v) is 7.31. The Morgan fingerprint density at radius 1 is 1.41 bits per heavy atom. The van der Waals surface area contributed by atoms with Crippen LogP contribution < -0.4 is 15.6 Å². The van der Waals surface area contributed by atoms with Gasteiger partial charge < -0.3 is 10.2 Å². The fraction of sp³-hybridized carbons (Fsp3) is 0.389. The van der Waals surface area contributed by atoms with Crippen LogP contribution in [0.1, 0.15) is 29.3 Å². The maximum absolute atomic E-state index is 12.7. The molecule has 0 spiro atoms. The zero-order valence-corrected chi connectivity index (χ0v) is 16.8. The van der Waals surface area contributed by atoms with Crippen molar-refractivity contribution in [3.05, 3.63) is 38.5 Å². The van der Waals surface area contributed by atoms with Crippen molar-refractivity contribution in [1.82, 2.24) is 14.9 Å². The van der Waals surface area contributed by atoms with Crippen LogP contribution in [0.25, 0.3) is 11.0 Å². The Hall–Kier alpha value is -3.08. The summed E-state index contributed by atoms with van der Waals surface area (Å²) in [6.07, 6.45) is 1.50. The van der Waals surface area contributed by atoms with Gasteiger partial charge in [-0.2, -0.15) is 0 Å². The van der Waals surface area contributed by atoms with Crippen LogP contribution in [-0.2, 0) is 4.79 Å². The van der Waals surface area contributed by atoms with E-state index in [0.717, 1.165) is 6.20 Å². The summed E-state index contributed by atoms with van der Waals surface area (Å²) in [6, 6.07) is 1.71. The van der Waals surface area contributed by atoms with Gasteiger partial charge in [0.05, 0.1) is 5.39 Å². The number of aryl methyl sites for hydroxylation is 1. The summed E-state index contributed by atoms with van der Waals surface area (Å²) < 4.78 is 1.17. The van der Waals surface area contributed by atoms with Gasteiger partial charge in [0, 0.05) is 43.3 Å². The minimum Gasteiger partial charge on any atom is -0.356 e. The first-order valence-electron chi connectivity index (χ1n) is 9.01. The van der Waals surface area contributed by atoms with Crippen molar-refractivity contribution in [2.45, 2.75) is 20.3 Å². The van der Waals surface area contributed by atoms with Gasteiger partial charge in [-0.05, 0) is 25.5 Å². The number of anilines is 1. The molecular formula is C18H20N6O4S. The summed E-state index contributed by atoms with van der Waals surface area (Å²) in [4.78, 5) is 53.2. The molecule has 0 saturated carbocycles. The molecule has 0 aromatic carbocycles. The maximum Gasteiger partial charge on any atom is 0.322 e.